The van der Waals surface area contributed by atoms with Crippen molar-refractivity contribution in [2.75, 3.05) is 13.7 Å². The van der Waals surface area contributed by atoms with Crippen molar-refractivity contribution >= 4 is 0 Å². The topological polar surface area (TPSA) is 34.2 Å². The smallest absolute Gasteiger partial charge is 0.217 e. The first kappa shape index (κ1) is 11.7. The summed E-state index contributed by atoms with van der Waals surface area (Å²) in [6.07, 6.45) is 2.73. The number of pyridine rings is 1. The molecule has 15 heavy (non-hydrogen) atoms. The van der Waals surface area contributed by atoms with Gasteiger partial charge in [0.25, 0.3) is 0 Å². The minimum absolute atomic E-state index is 0.695. The first-order chi connectivity index (χ1) is 7.24. The van der Waals surface area contributed by atoms with Crippen molar-refractivity contribution in [3.05, 3.63) is 36.0 Å². The minimum atomic E-state index is 0.695. The van der Waals surface area contributed by atoms with Crippen molar-refractivity contribution < 1.29 is 4.74 Å². The number of rotatable bonds is 6. The van der Waals surface area contributed by atoms with E-state index in [4.69, 9.17) is 4.74 Å². The molecule has 0 atom stereocenters. The van der Waals surface area contributed by atoms with E-state index in [2.05, 4.69) is 16.9 Å². The monoisotopic (exact) mass is 206 g/mol. The highest BCUT2D eigenvalue weighted by atomic mass is 16.5. The minimum Gasteiger partial charge on any atom is -0.481 e. The van der Waals surface area contributed by atoms with E-state index in [9.17, 15) is 0 Å². The summed E-state index contributed by atoms with van der Waals surface area (Å²) in [6, 6.07) is 3.93. The lowest BCUT2D eigenvalue weighted by Gasteiger charge is -2.08. The Morgan fingerprint density at radius 1 is 1.60 bits per heavy atom. The first-order valence-corrected chi connectivity index (χ1v) is 5.07. The molecule has 0 unspecified atom stereocenters. The van der Waals surface area contributed by atoms with Gasteiger partial charge in [-0.2, -0.15) is 0 Å². The fourth-order valence-corrected chi connectivity index (χ4v) is 1.27. The third-order valence-corrected chi connectivity index (χ3v) is 2.09. The van der Waals surface area contributed by atoms with E-state index in [0.29, 0.717) is 5.88 Å². The van der Waals surface area contributed by atoms with Gasteiger partial charge in [0.2, 0.25) is 5.88 Å². The standard InChI is InChI=1S/C12H18N2O/c1-10(2)6-8-13-9-11-5-4-7-14-12(11)15-3/h4-5,7,13H,1,6,8-9H2,2-3H3. The molecule has 0 saturated carbocycles. The second-order valence-electron chi connectivity index (χ2n) is 3.56. The number of hydrogen-bond acceptors (Lipinski definition) is 3. The van der Waals surface area contributed by atoms with E-state index in [1.54, 1.807) is 13.3 Å². The number of hydrogen-bond donors (Lipinski definition) is 1. The Morgan fingerprint density at radius 3 is 3.07 bits per heavy atom. The summed E-state index contributed by atoms with van der Waals surface area (Å²) in [7, 11) is 1.64. The van der Waals surface area contributed by atoms with Crippen LogP contribution >= 0.6 is 0 Å². The van der Waals surface area contributed by atoms with Crippen molar-refractivity contribution in [2.45, 2.75) is 19.9 Å². The van der Waals surface area contributed by atoms with Crippen LogP contribution in [0.5, 0.6) is 5.88 Å². The van der Waals surface area contributed by atoms with Gasteiger partial charge in [0.15, 0.2) is 0 Å². The van der Waals surface area contributed by atoms with Crippen LogP contribution < -0.4 is 10.1 Å². The number of methoxy groups -OCH3 is 1. The van der Waals surface area contributed by atoms with Gasteiger partial charge in [0, 0.05) is 18.3 Å². The summed E-state index contributed by atoms with van der Waals surface area (Å²) in [5.41, 5.74) is 2.28. The normalized spacial score (nSPS) is 10.0. The molecule has 0 aliphatic carbocycles. The molecule has 0 spiro atoms. The lowest BCUT2D eigenvalue weighted by Crippen LogP contribution is -2.15. The molecule has 0 fully saturated rings. The number of nitrogens with one attached hydrogen (secondary N) is 1. The molecule has 0 bridgehead atoms. The fourth-order valence-electron chi connectivity index (χ4n) is 1.27. The van der Waals surface area contributed by atoms with E-state index >= 15 is 0 Å². The van der Waals surface area contributed by atoms with E-state index in [1.165, 1.54) is 5.57 Å². The molecule has 1 heterocycles. The van der Waals surface area contributed by atoms with E-state index in [-0.39, 0.29) is 0 Å². The zero-order valence-corrected chi connectivity index (χ0v) is 9.42. The highest BCUT2D eigenvalue weighted by Gasteiger charge is 2.01. The largest absolute Gasteiger partial charge is 0.481 e. The Bertz CT molecular complexity index is 323. The van der Waals surface area contributed by atoms with E-state index < -0.39 is 0 Å². The first-order valence-electron chi connectivity index (χ1n) is 5.07. The summed E-state index contributed by atoms with van der Waals surface area (Å²) in [4.78, 5) is 4.13. The molecule has 82 valence electrons. The molecular formula is C12H18N2O. The van der Waals surface area contributed by atoms with Crippen molar-refractivity contribution in [3.63, 3.8) is 0 Å². The van der Waals surface area contributed by atoms with Crippen LogP contribution in [0.4, 0.5) is 0 Å². The van der Waals surface area contributed by atoms with Gasteiger partial charge in [-0.1, -0.05) is 11.6 Å². The van der Waals surface area contributed by atoms with Crippen molar-refractivity contribution in [1.82, 2.24) is 10.3 Å². The van der Waals surface area contributed by atoms with Crippen LogP contribution in [0.1, 0.15) is 18.9 Å². The molecule has 1 N–H and O–H groups in total. The van der Waals surface area contributed by atoms with Crippen molar-refractivity contribution in [2.24, 2.45) is 0 Å². The van der Waals surface area contributed by atoms with Crippen LogP contribution in [-0.2, 0) is 6.54 Å². The maximum atomic E-state index is 5.15. The molecule has 0 radical (unpaired) electrons. The van der Waals surface area contributed by atoms with Gasteiger partial charge >= 0.3 is 0 Å². The molecule has 1 aromatic rings. The summed E-state index contributed by atoms with van der Waals surface area (Å²) < 4.78 is 5.15. The Balaban J connectivity index is 2.39. The third-order valence-electron chi connectivity index (χ3n) is 2.09. The van der Waals surface area contributed by atoms with Gasteiger partial charge in [-0.3, -0.25) is 0 Å². The maximum Gasteiger partial charge on any atom is 0.217 e. The number of nitrogens with zero attached hydrogens (tertiary/aromatic N) is 1. The Hall–Kier alpha value is -1.35. The Morgan fingerprint density at radius 2 is 2.40 bits per heavy atom. The van der Waals surface area contributed by atoms with Gasteiger partial charge in [-0.05, 0) is 26.0 Å². The van der Waals surface area contributed by atoms with Gasteiger partial charge in [0.05, 0.1) is 7.11 Å². The second kappa shape index (κ2) is 6.19. The molecule has 0 amide bonds. The predicted octanol–water partition coefficient (Wildman–Crippen LogP) is 2.15. The van der Waals surface area contributed by atoms with Crippen molar-refractivity contribution in [3.8, 4) is 5.88 Å². The molecule has 0 aliphatic heterocycles. The van der Waals surface area contributed by atoms with Gasteiger partial charge < -0.3 is 10.1 Å². The van der Waals surface area contributed by atoms with Crippen LogP contribution in [0.2, 0.25) is 0 Å². The highest BCUT2D eigenvalue weighted by molar-refractivity contribution is 5.24. The fraction of sp³-hybridized carbons (Fsp3) is 0.417. The summed E-state index contributed by atoms with van der Waals surface area (Å²) in [6.45, 7) is 7.61. The Kier molecular flexibility index (Phi) is 4.84. The van der Waals surface area contributed by atoms with Crippen molar-refractivity contribution in [1.29, 1.82) is 0 Å². The van der Waals surface area contributed by atoms with Crippen LogP contribution in [0, 0.1) is 0 Å². The predicted molar refractivity (Wildman–Crippen MR) is 61.9 cm³/mol. The average Bonchev–Trinajstić information content (AvgIpc) is 2.24. The third kappa shape index (κ3) is 4.13. The van der Waals surface area contributed by atoms with E-state index in [0.717, 1.165) is 25.1 Å². The van der Waals surface area contributed by atoms with Gasteiger partial charge in [0.1, 0.15) is 0 Å². The zero-order valence-electron chi connectivity index (χ0n) is 9.42. The van der Waals surface area contributed by atoms with Crippen LogP contribution in [0.15, 0.2) is 30.5 Å². The SMILES string of the molecule is C=C(C)CCNCc1cccnc1OC. The molecule has 1 rings (SSSR count). The molecule has 0 aromatic carbocycles. The quantitative estimate of drug-likeness (QED) is 0.572. The lowest BCUT2D eigenvalue weighted by atomic mass is 10.2. The van der Waals surface area contributed by atoms with Gasteiger partial charge in [-0.15, -0.1) is 6.58 Å². The van der Waals surface area contributed by atoms with Crippen LogP contribution in [0.3, 0.4) is 0 Å². The molecule has 1 aromatic heterocycles. The number of ether oxygens (including phenoxy) is 1. The van der Waals surface area contributed by atoms with E-state index in [1.807, 2.05) is 19.1 Å². The lowest BCUT2D eigenvalue weighted by molar-refractivity contribution is 0.390. The highest BCUT2D eigenvalue weighted by Crippen LogP contribution is 2.12. The molecule has 0 aliphatic rings. The summed E-state index contributed by atoms with van der Waals surface area (Å²) in [5.74, 6) is 0.695. The average molecular weight is 206 g/mol. The zero-order chi connectivity index (χ0) is 11.1. The molecule has 0 saturated heterocycles. The maximum absolute atomic E-state index is 5.15. The second-order valence-corrected chi connectivity index (χ2v) is 3.56. The van der Waals surface area contributed by atoms with Crippen LogP contribution in [0.25, 0.3) is 0 Å². The molecular weight excluding hydrogens is 188 g/mol. The van der Waals surface area contributed by atoms with Crippen LogP contribution in [-0.4, -0.2) is 18.6 Å². The molecule has 3 nitrogen and oxygen atoms in total. The van der Waals surface area contributed by atoms with Gasteiger partial charge in [-0.25, -0.2) is 4.98 Å². The Labute approximate surface area is 91.2 Å². The summed E-state index contributed by atoms with van der Waals surface area (Å²) in [5, 5.41) is 3.33. The number of aromatic nitrogens is 1. The summed E-state index contributed by atoms with van der Waals surface area (Å²) >= 11 is 0. The molecule has 3 heteroatoms.